The second kappa shape index (κ2) is 5.26. The molecule has 18 heavy (non-hydrogen) atoms. The summed E-state index contributed by atoms with van der Waals surface area (Å²) in [4.78, 5) is 0. The number of hydrogen-bond donors (Lipinski definition) is 1. The molecule has 94 valence electrons. The molecule has 0 saturated heterocycles. The number of phenols is 1. The molecule has 0 spiro atoms. The van der Waals surface area contributed by atoms with Gasteiger partial charge < -0.3 is 5.11 Å². The van der Waals surface area contributed by atoms with Crippen LogP contribution in [-0.2, 0) is 6.42 Å². The Morgan fingerprint density at radius 1 is 1.00 bits per heavy atom. The van der Waals surface area contributed by atoms with Crippen LogP contribution in [0.15, 0.2) is 42.5 Å². The van der Waals surface area contributed by atoms with E-state index in [1.807, 2.05) is 18.2 Å². The molecule has 0 atom stereocenters. The van der Waals surface area contributed by atoms with Crippen LogP contribution in [0.3, 0.4) is 0 Å². The fourth-order valence-electron chi connectivity index (χ4n) is 2.27. The smallest absolute Gasteiger partial charge is 0.123 e. The van der Waals surface area contributed by atoms with Crippen LogP contribution in [0.1, 0.15) is 25.0 Å². The number of aromatic hydroxyl groups is 1. The molecule has 0 aliphatic heterocycles. The molecule has 0 bridgehead atoms. The molecule has 1 nitrogen and oxygen atoms in total. The summed E-state index contributed by atoms with van der Waals surface area (Å²) in [6, 6.07) is 14.1. The molecule has 0 aliphatic rings. The minimum absolute atomic E-state index is 0.358. The molecule has 0 amide bonds. The van der Waals surface area contributed by atoms with E-state index in [-0.39, 0.29) is 0 Å². The fraction of sp³-hybridized carbons (Fsp3) is 0.294. The first-order valence-corrected chi connectivity index (χ1v) is 6.46. The SMILES string of the molecule is Cc1ccccc1-c1cc(CC(C)C)ccc1O. The second-order valence-electron chi connectivity index (χ2n) is 5.26. The summed E-state index contributed by atoms with van der Waals surface area (Å²) < 4.78 is 0. The highest BCUT2D eigenvalue weighted by atomic mass is 16.3. The largest absolute Gasteiger partial charge is 0.507 e. The molecule has 0 unspecified atom stereocenters. The van der Waals surface area contributed by atoms with Crippen molar-refractivity contribution in [3.05, 3.63) is 53.6 Å². The monoisotopic (exact) mass is 240 g/mol. The van der Waals surface area contributed by atoms with E-state index in [4.69, 9.17) is 0 Å². The third-order valence-corrected chi connectivity index (χ3v) is 3.14. The van der Waals surface area contributed by atoms with E-state index in [0.29, 0.717) is 11.7 Å². The van der Waals surface area contributed by atoms with Crippen LogP contribution < -0.4 is 0 Å². The lowest BCUT2D eigenvalue weighted by molar-refractivity contribution is 0.477. The fourth-order valence-corrected chi connectivity index (χ4v) is 2.27. The van der Waals surface area contributed by atoms with E-state index < -0.39 is 0 Å². The van der Waals surface area contributed by atoms with Crippen LogP contribution >= 0.6 is 0 Å². The highest BCUT2D eigenvalue weighted by Gasteiger charge is 2.08. The van der Waals surface area contributed by atoms with Gasteiger partial charge in [-0.3, -0.25) is 0 Å². The predicted octanol–water partition coefficient (Wildman–Crippen LogP) is 4.57. The van der Waals surface area contributed by atoms with Gasteiger partial charge in [-0.1, -0.05) is 44.2 Å². The standard InChI is InChI=1S/C17H20O/c1-12(2)10-14-8-9-17(18)16(11-14)15-7-5-4-6-13(15)3/h4-9,11-12,18H,10H2,1-3H3. The van der Waals surface area contributed by atoms with Crippen LogP contribution in [-0.4, -0.2) is 5.11 Å². The van der Waals surface area contributed by atoms with Crippen molar-refractivity contribution in [3.63, 3.8) is 0 Å². The van der Waals surface area contributed by atoms with Crippen molar-refractivity contribution < 1.29 is 5.11 Å². The highest BCUT2D eigenvalue weighted by Crippen LogP contribution is 2.32. The average Bonchev–Trinajstić information content (AvgIpc) is 2.32. The van der Waals surface area contributed by atoms with Crippen LogP contribution in [0.2, 0.25) is 0 Å². The zero-order valence-electron chi connectivity index (χ0n) is 11.3. The quantitative estimate of drug-likeness (QED) is 0.833. The van der Waals surface area contributed by atoms with E-state index in [2.05, 4.69) is 39.0 Å². The molecular weight excluding hydrogens is 220 g/mol. The van der Waals surface area contributed by atoms with Crippen LogP contribution in [0, 0.1) is 12.8 Å². The normalized spacial score (nSPS) is 10.9. The van der Waals surface area contributed by atoms with E-state index in [1.54, 1.807) is 6.07 Å². The van der Waals surface area contributed by atoms with Crippen molar-refractivity contribution in [1.29, 1.82) is 0 Å². The number of hydrogen-bond acceptors (Lipinski definition) is 1. The molecule has 1 N–H and O–H groups in total. The Morgan fingerprint density at radius 2 is 1.72 bits per heavy atom. The van der Waals surface area contributed by atoms with Crippen molar-refractivity contribution in [2.75, 3.05) is 0 Å². The van der Waals surface area contributed by atoms with Crippen molar-refractivity contribution in [2.24, 2.45) is 5.92 Å². The Balaban J connectivity index is 2.47. The van der Waals surface area contributed by atoms with Crippen molar-refractivity contribution in [2.45, 2.75) is 27.2 Å². The van der Waals surface area contributed by atoms with Gasteiger partial charge in [0, 0.05) is 5.56 Å². The Bertz CT molecular complexity index is 541. The van der Waals surface area contributed by atoms with Gasteiger partial charge in [0.1, 0.15) is 5.75 Å². The van der Waals surface area contributed by atoms with Crippen molar-refractivity contribution in [1.82, 2.24) is 0 Å². The van der Waals surface area contributed by atoms with Crippen LogP contribution in [0.4, 0.5) is 0 Å². The summed E-state index contributed by atoms with van der Waals surface area (Å²) >= 11 is 0. The first-order chi connectivity index (χ1) is 8.58. The summed E-state index contributed by atoms with van der Waals surface area (Å²) in [5.74, 6) is 0.982. The lowest BCUT2D eigenvalue weighted by Gasteiger charge is -2.11. The zero-order chi connectivity index (χ0) is 13.1. The maximum Gasteiger partial charge on any atom is 0.123 e. The third-order valence-electron chi connectivity index (χ3n) is 3.14. The molecule has 0 fully saturated rings. The highest BCUT2D eigenvalue weighted by molar-refractivity contribution is 5.73. The van der Waals surface area contributed by atoms with Gasteiger partial charge in [-0.25, -0.2) is 0 Å². The number of benzene rings is 2. The Hall–Kier alpha value is -1.76. The maximum atomic E-state index is 10.0. The van der Waals surface area contributed by atoms with Crippen LogP contribution in [0.25, 0.3) is 11.1 Å². The molecule has 2 rings (SSSR count). The number of aryl methyl sites for hydroxylation is 1. The van der Waals surface area contributed by atoms with E-state index in [9.17, 15) is 5.11 Å². The van der Waals surface area contributed by atoms with Gasteiger partial charge in [0.2, 0.25) is 0 Å². The van der Waals surface area contributed by atoms with Crippen molar-refractivity contribution >= 4 is 0 Å². The minimum atomic E-state index is 0.358. The van der Waals surface area contributed by atoms with Gasteiger partial charge in [0.05, 0.1) is 0 Å². The molecule has 0 radical (unpaired) electrons. The summed E-state index contributed by atoms with van der Waals surface area (Å²) in [6.07, 6.45) is 1.04. The molecule has 1 heteroatoms. The summed E-state index contributed by atoms with van der Waals surface area (Å²) in [7, 11) is 0. The summed E-state index contributed by atoms with van der Waals surface area (Å²) in [6.45, 7) is 6.49. The Labute approximate surface area is 109 Å². The lowest BCUT2D eigenvalue weighted by atomic mass is 9.95. The molecule has 0 aliphatic carbocycles. The molecule has 0 heterocycles. The van der Waals surface area contributed by atoms with Gasteiger partial charge in [-0.05, 0) is 48.1 Å². The molecule has 2 aromatic rings. The molecule has 0 aromatic heterocycles. The van der Waals surface area contributed by atoms with E-state index in [0.717, 1.165) is 17.5 Å². The molecular formula is C17H20O. The Morgan fingerprint density at radius 3 is 2.39 bits per heavy atom. The van der Waals surface area contributed by atoms with Gasteiger partial charge >= 0.3 is 0 Å². The second-order valence-corrected chi connectivity index (χ2v) is 5.26. The minimum Gasteiger partial charge on any atom is -0.507 e. The average molecular weight is 240 g/mol. The van der Waals surface area contributed by atoms with E-state index >= 15 is 0 Å². The Kier molecular flexibility index (Phi) is 3.71. The summed E-state index contributed by atoms with van der Waals surface area (Å²) in [5.41, 5.74) is 4.52. The first kappa shape index (κ1) is 12.7. The van der Waals surface area contributed by atoms with Gasteiger partial charge in [0.15, 0.2) is 0 Å². The van der Waals surface area contributed by atoms with E-state index in [1.165, 1.54) is 11.1 Å². The lowest BCUT2D eigenvalue weighted by Crippen LogP contribution is -1.94. The topological polar surface area (TPSA) is 20.2 Å². The van der Waals surface area contributed by atoms with Crippen molar-refractivity contribution in [3.8, 4) is 16.9 Å². The molecule has 2 aromatic carbocycles. The zero-order valence-corrected chi connectivity index (χ0v) is 11.3. The number of phenolic OH excluding ortho intramolecular Hbond substituents is 1. The number of rotatable bonds is 3. The predicted molar refractivity (Wildman–Crippen MR) is 76.8 cm³/mol. The van der Waals surface area contributed by atoms with Gasteiger partial charge in [-0.2, -0.15) is 0 Å². The first-order valence-electron chi connectivity index (χ1n) is 6.46. The van der Waals surface area contributed by atoms with Crippen LogP contribution in [0.5, 0.6) is 5.75 Å². The third kappa shape index (κ3) is 2.73. The maximum absolute atomic E-state index is 10.0. The van der Waals surface area contributed by atoms with Gasteiger partial charge in [-0.15, -0.1) is 0 Å². The molecule has 0 saturated carbocycles. The van der Waals surface area contributed by atoms with Gasteiger partial charge in [0.25, 0.3) is 0 Å². The summed E-state index contributed by atoms with van der Waals surface area (Å²) in [5, 5.41) is 10.0.